The van der Waals surface area contributed by atoms with Crippen molar-refractivity contribution >= 4 is 0 Å². The standard InChI is InChI=1S/C17H34N2/c1-13(2)11-18-12-17(14(3)4)19-10-9-15-7-5-6-8-16(15)19/h13-18H,5-12H2,1-4H3. The van der Waals surface area contributed by atoms with Crippen LogP contribution in [0.15, 0.2) is 0 Å². The number of hydrogen-bond acceptors (Lipinski definition) is 2. The van der Waals surface area contributed by atoms with E-state index in [4.69, 9.17) is 0 Å². The van der Waals surface area contributed by atoms with Crippen LogP contribution in [-0.2, 0) is 0 Å². The molecule has 2 aliphatic rings. The van der Waals surface area contributed by atoms with E-state index < -0.39 is 0 Å². The molecule has 2 fully saturated rings. The molecule has 0 bridgehead atoms. The van der Waals surface area contributed by atoms with Gasteiger partial charge in [0.25, 0.3) is 0 Å². The highest BCUT2D eigenvalue weighted by atomic mass is 15.2. The molecule has 112 valence electrons. The van der Waals surface area contributed by atoms with Crippen molar-refractivity contribution in [2.75, 3.05) is 19.6 Å². The van der Waals surface area contributed by atoms with E-state index in [1.807, 2.05) is 0 Å². The van der Waals surface area contributed by atoms with Crippen LogP contribution in [0.4, 0.5) is 0 Å². The molecule has 1 heterocycles. The first kappa shape index (κ1) is 15.3. The lowest BCUT2D eigenvalue weighted by atomic mass is 9.84. The summed E-state index contributed by atoms with van der Waals surface area (Å²) in [7, 11) is 0. The summed E-state index contributed by atoms with van der Waals surface area (Å²) in [6.45, 7) is 13.1. The number of nitrogens with one attached hydrogen (secondary N) is 1. The summed E-state index contributed by atoms with van der Waals surface area (Å²) < 4.78 is 0. The average molecular weight is 266 g/mol. The van der Waals surface area contributed by atoms with E-state index in [0.29, 0.717) is 0 Å². The van der Waals surface area contributed by atoms with Crippen molar-refractivity contribution in [2.45, 2.75) is 71.9 Å². The van der Waals surface area contributed by atoms with E-state index in [1.165, 1.54) is 45.2 Å². The first-order chi connectivity index (χ1) is 9.09. The van der Waals surface area contributed by atoms with Crippen LogP contribution in [0.3, 0.4) is 0 Å². The molecule has 0 aromatic carbocycles. The van der Waals surface area contributed by atoms with Gasteiger partial charge in [-0.3, -0.25) is 4.90 Å². The van der Waals surface area contributed by atoms with Crippen LogP contribution in [0.1, 0.15) is 59.8 Å². The van der Waals surface area contributed by atoms with Crippen LogP contribution in [0, 0.1) is 17.8 Å². The Hall–Kier alpha value is -0.0800. The van der Waals surface area contributed by atoms with E-state index in [1.54, 1.807) is 0 Å². The first-order valence-corrected chi connectivity index (χ1v) is 8.56. The third-order valence-electron chi connectivity index (χ3n) is 5.15. The third kappa shape index (κ3) is 3.95. The Morgan fingerprint density at radius 2 is 1.74 bits per heavy atom. The molecular formula is C17H34N2. The molecule has 0 aromatic rings. The Morgan fingerprint density at radius 1 is 1.00 bits per heavy atom. The SMILES string of the molecule is CC(C)CNCC(C(C)C)N1CCC2CCCCC21. The predicted molar refractivity (Wildman–Crippen MR) is 83.4 cm³/mol. The summed E-state index contributed by atoms with van der Waals surface area (Å²) in [5.74, 6) is 2.54. The molecule has 0 amide bonds. The van der Waals surface area contributed by atoms with Crippen molar-refractivity contribution in [3.05, 3.63) is 0 Å². The second kappa shape index (κ2) is 7.08. The molecule has 0 spiro atoms. The average Bonchev–Trinajstić information content (AvgIpc) is 2.77. The van der Waals surface area contributed by atoms with Crippen LogP contribution in [0.2, 0.25) is 0 Å². The second-order valence-corrected chi connectivity index (χ2v) is 7.50. The molecular weight excluding hydrogens is 232 g/mol. The van der Waals surface area contributed by atoms with Gasteiger partial charge in [0.15, 0.2) is 0 Å². The zero-order valence-electron chi connectivity index (χ0n) is 13.5. The van der Waals surface area contributed by atoms with Crippen molar-refractivity contribution in [3.8, 4) is 0 Å². The third-order valence-corrected chi connectivity index (χ3v) is 5.15. The van der Waals surface area contributed by atoms with Crippen molar-refractivity contribution in [3.63, 3.8) is 0 Å². The number of nitrogens with zero attached hydrogens (tertiary/aromatic N) is 1. The molecule has 1 saturated carbocycles. The summed E-state index contributed by atoms with van der Waals surface area (Å²) in [5, 5.41) is 3.70. The van der Waals surface area contributed by atoms with E-state index in [9.17, 15) is 0 Å². The Balaban J connectivity index is 1.91. The zero-order valence-corrected chi connectivity index (χ0v) is 13.5. The maximum absolute atomic E-state index is 3.70. The number of likely N-dealkylation sites (tertiary alicyclic amines) is 1. The summed E-state index contributed by atoms with van der Waals surface area (Å²) in [6, 6.07) is 1.65. The Bertz CT molecular complexity index is 262. The van der Waals surface area contributed by atoms with Gasteiger partial charge in [-0.25, -0.2) is 0 Å². The van der Waals surface area contributed by atoms with Crippen LogP contribution < -0.4 is 5.32 Å². The molecule has 0 radical (unpaired) electrons. The number of fused-ring (bicyclic) bond motifs is 1. The Kier molecular flexibility index (Phi) is 5.70. The normalized spacial score (nSPS) is 30.0. The van der Waals surface area contributed by atoms with Crippen LogP contribution in [0.5, 0.6) is 0 Å². The van der Waals surface area contributed by atoms with Gasteiger partial charge in [0, 0.05) is 18.6 Å². The zero-order chi connectivity index (χ0) is 13.8. The highest BCUT2D eigenvalue weighted by Crippen LogP contribution is 2.38. The lowest BCUT2D eigenvalue weighted by molar-refractivity contribution is 0.102. The minimum absolute atomic E-state index is 0.742. The number of hydrogen-bond donors (Lipinski definition) is 1. The molecule has 1 aliphatic heterocycles. The molecule has 1 N–H and O–H groups in total. The van der Waals surface area contributed by atoms with Gasteiger partial charge in [0.2, 0.25) is 0 Å². The van der Waals surface area contributed by atoms with Crippen molar-refractivity contribution in [1.82, 2.24) is 10.2 Å². The van der Waals surface area contributed by atoms with Gasteiger partial charge in [-0.05, 0) is 50.1 Å². The van der Waals surface area contributed by atoms with E-state index in [-0.39, 0.29) is 0 Å². The predicted octanol–water partition coefficient (Wildman–Crippen LogP) is 3.52. The summed E-state index contributed by atoms with van der Waals surface area (Å²) in [4.78, 5) is 2.86. The van der Waals surface area contributed by atoms with Crippen LogP contribution in [-0.4, -0.2) is 36.6 Å². The maximum Gasteiger partial charge on any atom is 0.0246 e. The molecule has 2 nitrogen and oxygen atoms in total. The monoisotopic (exact) mass is 266 g/mol. The molecule has 1 saturated heterocycles. The smallest absolute Gasteiger partial charge is 0.0246 e. The summed E-state index contributed by atoms with van der Waals surface area (Å²) in [5.41, 5.74) is 0. The quantitative estimate of drug-likeness (QED) is 0.791. The largest absolute Gasteiger partial charge is 0.315 e. The van der Waals surface area contributed by atoms with Crippen molar-refractivity contribution < 1.29 is 0 Å². The van der Waals surface area contributed by atoms with Gasteiger partial charge >= 0.3 is 0 Å². The van der Waals surface area contributed by atoms with Crippen molar-refractivity contribution in [1.29, 1.82) is 0 Å². The van der Waals surface area contributed by atoms with Gasteiger partial charge in [0.1, 0.15) is 0 Å². The minimum atomic E-state index is 0.742. The molecule has 3 unspecified atom stereocenters. The molecule has 2 rings (SSSR count). The molecule has 0 aromatic heterocycles. The first-order valence-electron chi connectivity index (χ1n) is 8.56. The van der Waals surface area contributed by atoms with Gasteiger partial charge in [-0.2, -0.15) is 0 Å². The molecule has 1 aliphatic carbocycles. The van der Waals surface area contributed by atoms with Crippen molar-refractivity contribution in [2.24, 2.45) is 17.8 Å². The van der Waals surface area contributed by atoms with E-state index in [0.717, 1.165) is 36.4 Å². The van der Waals surface area contributed by atoms with Gasteiger partial charge in [-0.15, -0.1) is 0 Å². The molecule has 19 heavy (non-hydrogen) atoms. The topological polar surface area (TPSA) is 15.3 Å². The van der Waals surface area contributed by atoms with E-state index >= 15 is 0 Å². The second-order valence-electron chi connectivity index (χ2n) is 7.50. The lowest BCUT2D eigenvalue weighted by Gasteiger charge is -2.39. The van der Waals surface area contributed by atoms with E-state index in [2.05, 4.69) is 37.9 Å². The van der Waals surface area contributed by atoms with Gasteiger partial charge < -0.3 is 5.32 Å². The van der Waals surface area contributed by atoms with Crippen LogP contribution >= 0.6 is 0 Å². The van der Waals surface area contributed by atoms with Gasteiger partial charge in [0.05, 0.1) is 0 Å². The molecule has 3 atom stereocenters. The Morgan fingerprint density at radius 3 is 2.42 bits per heavy atom. The summed E-state index contributed by atoms with van der Waals surface area (Å²) in [6.07, 6.45) is 7.34. The fourth-order valence-electron chi connectivity index (χ4n) is 4.11. The lowest BCUT2D eigenvalue weighted by Crippen LogP contribution is -2.49. The molecule has 2 heteroatoms. The van der Waals surface area contributed by atoms with Gasteiger partial charge in [-0.1, -0.05) is 40.5 Å². The Labute approximate surface area is 120 Å². The fraction of sp³-hybridized carbons (Fsp3) is 1.00. The maximum atomic E-state index is 3.70. The summed E-state index contributed by atoms with van der Waals surface area (Å²) >= 11 is 0. The highest BCUT2D eigenvalue weighted by Gasteiger charge is 2.39. The minimum Gasteiger partial charge on any atom is -0.315 e. The number of rotatable bonds is 6. The fourth-order valence-corrected chi connectivity index (χ4v) is 4.11. The van der Waals surface area contributed by atoms with Crippen LogP contribution in [0.25, 0.3) is 0 Å². The highest BCUT2D eigenvalue weighted by molar-refractivity contribution is 4.94.